The molecule has 1 aliphatic heterocycles. The molecule has 2 aliphatic rings. The monoisotopic (exact) mass is 317 g/mol. The molecule has 1 unspecified atom stereocenters. The number of carbonyl (C=O) groups is 1. The van der Waals surface area contributed by atoms with Gasteiger partial charge >= 0.3 is 0 Å². The maximum atomic E-state index is 12.7. The molecular weight excluding hydrogens is 298 g/mol. The summed E-state index contributed by atoms with van der Waals surface area (Å²) in [6.45, 7) is 3.46. The molecule has 22 heavy (non-hydrogen) atoms. The van der Waals surface area contributed by atoms with Crippen molar-refractivity contribution in [1.29, 1.82) is 0 Å². The Bertz CT molecular complexity index is 690. The molecular formula is C15H19N5OS. The van der Waals surface area contributed by atoms with Crippen LogP contribution in [0.5, 0.6) is 0 Å². The number of hydrogen-bond acceptors (Lipinski definition) is 5. The lowest BCUT2D eigenvalue weighted by Crippen LogP contribution is -2.39. The quantitative estimate of drug-likeness (QED) is 0.872. The predicted octanol–water partition coefficient (Wildman–Crippen LogP) is 2.40. The van der Waals surface area contributed by atoms with Crippen molar-refractivity contribution < 1.29 is 4.79 Å². The number of aryl methyl sites for hydroxylation is 1. The SMILES string of the molecule is Cc1ncsc1C(=O)N1CCCC(c2nncn2C2CC2)C1. The highest BCUT2D eigenvalue weighted by atomic mass is 32.1. The smallest absolute Gasteiger partial charge is 0.265 e. The number of amides is 1. The molecule has 2 aromatic heterocycles. The van der Waals surface area contributed by atoms with E-state index >= 15 is 0 Å². The number of rotatable bonds is 3. The Balaban J connectivity index is 1.53. The second-order valence-corrected chi connectivity index (χ2v) is 7.04. The fraction of sp³-hybridized carbons (Fsp3) is 0.600. The third kappa shape index (κ3) is 2.43. The molecule has 0 radical (unpaired) electrons. The minimum absolute atomic E-state index is 0.113. The van der Waals surface area contributed by atoms with E-state index in [0.29, 0.717) is 12.0 Å². The lowest BCUT2D eigenvalue weighted by Gasteiger charge is -2.32. The molecule has 0 bridgehead atoms. The van der Waals surface area contributed by atoms with Crippen LogP contribution in [0.25, 0.3) is 0 Å². The third-order valence-corrected chi connectivity index (χ3v) is 5.47. The molecule has 2 aromatic rings. The highest BCUT2D eigenvalue weighted by Crippen LogP contribution is 2.38. The van der Waals surface area contributed by atoms with E-state index in [1.165, 1.54) is 24.2 Å². The summed E-state index contributed by atoms with van der Waals surface area (Å²) < 4.78 is 2.22. The van der Waals surface area contributed by atoms with Crippen molar-refractivity contribution in [2.45, 2.75) is 44.6 Å². The molecule has 4 rings (SSSR count). The zero-order valence-electron chi connectivity index (χ0n) is 12.6. The standard InChI is InChI=1S/C15H19N5OS/c1-10-13(22-9-16-10)15(21)19-6-2-3-11(7-19)14-18-17-8-20(14)12-4-5-12/h8-9,11-12H,2-7H2,1H3. The van der Waals surface area contributed by atoms with Gasteiger partial charge in [0.2, 0.25) is 0 Å². The molecule has 116 valence electrons. The first-order chi connectivity index (χ1) is 10.7. The van der Waals surface area contributed by atoms with Gasteiger partial charge in [-0.1, -0.05) is 0 Å². The van der Waals surface area contributed by atoms with Crippen molar-refractivity contribution >= 4 is 17.2 Å². The average molecular weight is 317 g/mol. The highest BCUT2D eigenvalue weighted by molar-refractivity contribution is 7.11. The zero-order valence-corrected chi connectivity index (χ0v) is 13.4. The van der Waals surface area contributed by atoms with Crippen molar-refractivity contribution in [2.24, 2.45) is 0 Å². The maximum absolute atomic E-state index is 12.7. The summed E-state index contributed by atoms with van der Waals surface area (Å²) in [7, 11) is 0. The fourth-order valence-corrected chi connectivity index (χ4v) is 3.97. The van der Waals surface area contributed by atoms with Crippen LogP contribution in [-0.4, -0.2) is 43.6 Å². The lowest BCUT2D eigenvalue weighted by molar-refractivity contribution is 0.0707. The van der Waals surface area contributed by atoms with Crippen LogP contribution in [0.4, 0.5) is 0 Å². The molecule has 1 atom stereocenters. The number of aromatic nitrogens is 4. The number of nitrogens with zero attached hydrogens (tertiary/aromatic N) is 5. The van der Waals surface area contributed by atoms with Crippen molar-refractivity contribution in [1.82, 2.24) is 24.6 Å². The highest BCUT2D eigenvalue weighted by Gasteiger charge is 2.33. The Hall–Kier alpha value is -1.76. The Morgan fingerprint density at radius 3 is 2.95 bits per heavy atom. The van der Waals surface area contributed by atoms with E-state index in [4.69, 9.17) is 0 Å². The second kappa shape index (κ2) is 5.46. The van der Waals surface area contributed by atoms with E-state index in [1.54, 1.807) is 5.51 Å². The summed E-state index contributed by atoms with van der Waals surface area (Å²) in [5.41, 5.74) is 2.58. The Morgan fingerprint density at radius 1 is 1.36 bits per heavy atom. The average Bonchev–Trinajstić information content (AvgIpc) is 3.10. The number of thiazole rings is 1. The Kier molecular flexibility index (Phi) is 3.44. The molecule has 1 aliphatic carbocycles. The zero-order chi connectivity index (χ0) is 15.1. The summed E-state index contributed by atoms with van der Waals surface area (Å²) >= 11 is 1.43. The van der Waals surface area contributed by atoms with Crippen LogP contribution in [0.3, 0.4) is 0 Å². The van der Waals surface area contributed by atoms with Gasteiger partial charge in [-0.2, -0.15) is 0 Å². The van der Waals surface area contributed by atoms with E-state index in [1.807, 2.05) is 18.2 Å². The van der Waals surface area contributed by atoms with Crippen molar-refractivity contribution in [3.8, 4) is 0 Å². The van der Waals surface area contributed by atoms with Gasteiger partial charge in [0.05, 0.1) is 11.2 Å². The van der Waals surface area contributed by atoms with E-state index < -0.39 is 0 Å². The minimum atomic E-state index is 0.113. The molecule has 7 heteroatoms. The van der Waals surface area contributed by atoms with Crippen molar-refractivity contribution in [3.63, 3.8) is 0 Å². The van der Waals surface area contributed by atoms with Gasteiger partial charge in [-0.3, -0.25) is 4.79 Å². The molecule has 3 heterocycles. The Labute approximate surface area is 133 Å². The van der Waals surface area contributed by atoms with Gasteiger partial charge in [0, 0.05) is 25.0 Å². The van der Waals surface area contributed by atoms with E-state index in [0.717, 1.165) is 42.3 Å². The molecule has 0 aromatic carbocycles. The van der Waals surface area contributed by atoms with E-state index in [-0.39, 0.29) is 5.91 Å². The normalized spacial score (nSPS) is 22.0. The molecule has 1 saturated carbocycles. The van der Waals surface area contributed by atoms with Crippen molar-refractivity contribution in [3.05, 3.63) is 28.2 Å². The first-order valence-corrected chi connectivity index (χ1v) is 8.70. The molecule has 0 spiro atoms. The van der Waals surface area contributed by atoms with Gasteiger partial charge in [-0.25, -0.2) is 4.98 Å². The fourth-order valence-electron chi connectivity index (χ4n) is 3.20. The Morgan fingerprint density at radius 2 is 2.23 bits per heavy atom. The summed E-state index contributed by atoms with van der Waals surface area (Å²) in [6.07, 6.45) is 6.39. The van der Waals surface area contributed by atoms with Crippen LogP contribution >= 0.6 is 11.3 Å². The number of hydrogen-bond donors (Lipinski definition) is 0. The van der Waals surface area contributed by atoms with Gasteiger partial charge in [-0.05, 0) is 32.6 Å². The first-order valence-electron chi connectivity index (χ1n) is 7.83. The van der Waals surface area contributed by atoms with Gasteiger partial charge in [0.25, 0.3) is 5.91 Å². The van der Waals surface area contributed by atoms with E-state index in [2.05, 4.69) is 19.7 Å². The third-order valence-electron chi connectivity index (χ3n) is 4.55. The number of likely N-dealkylation sites (tertiary alicyclic amines) is 1. The molecule has 1 amide bonds. The van der Waals surface area contributed by atoms with E-state index in [9.17, 15) is 4.79 Å². The van der Waals surface area contributed by atoms with Gasteiger partial charge in [-0.15, -0.1) is 21.5 Å². The largest absolute Gasteiger partial charge is 0.337 e. The lowest BCUT2D eigenvalue weighted by atomic mass is 9.97. The van der Waals surface area contributed by atoms with Gasteiger partial charge in [0.1, 0.15) is 17.0 Å². The summed E-state index contributed by atoms with van der Waals surface area (Å²) in [6, 6.07) is 0.583. The van der Waals surface area contributed by atoms with Crippen LogP contribution < -0.4 is 0 Å². The van der Waals surface area contributed by atoms with Gasteiger partial charge < -0.3 is 9.47 Å². The molecule has 6 nitrogen and oxygen atoms in total. The number of piperidine rings is 1. The maximum Gasteiger partial charge on any atom is 0.265 e. The van der Waals surface area contributed by atoms with Crippen LogP contribution in [0.1, 0.15) is 58.8 Å². The minimum Gasteiger partial charge on any atom is -0.337 e. The molecule has 2 fully saturated rings. The first kappa shape index (κ1) is 13.9. The summed E-state index contributed by atoms with van der Waals surface area (Å²) in [5, 5.41) is 8.43. The summed E-state index contributed by atoms with van der Waals surface area (Å²) in [4.78, 5) is 19.6. The second-order valence-electron chi connectivity index (χ2n) is 6.18. The number of carbonyl (C=O) groups excluding carboxylic acids is 1. The summed E-state index contributed by atoms with van der Waals surface area (Å²) in [5.74, 6) is 1.47. The topological polar surface area (TPSA) is 63.9 Å². The predicted molar refractivity (Wildman–Crippen MR) is 83.0 cm³/mol. The van der Waals surface area contributed by atoms with Crippen LogP contribution in [-0.2, 0) is 0 Å². The molecule has 0 N–H and O–H groups in total. The van der Waals surface area contributed by atoms with Crippen molar-refractivity contribution in [2.75, 3.05) is 13.1 Å². The van der Waals surface area contributed by atoms with Crippen LogP contribution in [0.15, 0.2) is 11.8 Å². The molecule has 1 saturated heterocycles. The van der Waals surface area contributed by atoms with Gasteiger partial charge in [0.15, 0.2) is 0 Å². The van der Waals surface area contributed by atoms with Crippen LogP contribution in [0, 0.1) is 6.92 Å². The van der Waals surface area contributed by atoms with Crippen LogP contribution in [0.2, 0.25) is 0 Å².